The van der Waals surface area contributed by atoms with Crippen molar-refractivity contribution in [1.29, 1.82) is 0 Å². The molecule has 0 aromatic heterocycles. The van der Waals surface area contributed by atoms with Crippen LogP contribution in [0.4, 0.5) is 5.69 Å². The lowest BCUT2D eigenvalue weighted by molar-refractivity contribution is -0.139. The highest BCUT2D eigenvalue weighted by atomic mass is 79.9. The van der Waals surface area contributed by atoms with Gasteiger partial charge >= 0.3 is 0 Å². The van der Waals surface area contributed by atoms with Crippen LogP contribution in [0.25, 0.3) is 0 Å². The van der Waals surface area contributed by atoms with E-state index >= 15 is 0 Å². The molecule has 0 radical (unpaired) electrons. The van der Waals surface area contributed by atoms with Gasteiger partial charge in [0.15, 0.2) is 0 Å². The van der Waals surface area contributed by atoms with Crippen LogP contribution >= 0.6 is 27.5 Å². The average molecular weight is 559 g/mol. The third-order valence-electron chi connectivity index (χ3n) is 4.89. The Bertz CT molecular complexity index is 1090. The number of benzene rings is 2. The van der Waals surface area contributed by atoms with Gasteiger partial charge in [0.2, 0.25) is 21.8 Å². The predicted molar refractivity (Wildman–Crippen MR) is 136 cm³/mol. The average Bonchev–Trinajstić information content (AvgIpc) is 2.73. The molecule has 2 rings (SSSR count). The van der Waals surface area contributed by atoms with Crippen LogP contribution in [0, 0.1) is 5.92 Å². The highest BCUT2D eigenvalue weighted by Crippen LogP contribution is 2.28. The number of carbonyl (C=O) groups is 2. The molecule has 0 aliphatic rings. The number of hydrogen-bond donors (Lipinski definition) is 1. The van der Waals surface area contributed by atoms with Crippen LogP contribution < -0.4 is 9.62 Å². The summed E-state index contributed by atoms with van der Waals surface area (Å²) in [6, 6.07) is 12.9. The summed E-state index contributed by atoms with van der Waals surface area (Å²) in [6.07, 6.45) is 1.04. The minimum Gasteiger partial charge on any atom is -0.354 e. The molecule has 2 amide bonds. The zero-order valence-corrected chi connectivity index (χ0v) is 22.2. The van der Waals surface area contributed by atoms with Crippen molar-refractivity contribution in [2.45, 2.75) is 33.4 Å². The van der Waals surface area contributed by atoms with Crippen LogP contribution in [0.1, 0.15) is 26.3 Å². The zero-order valence-electron chi connectivity index (χ0n) is 19.1. The van der Waals surface area contributed by atoms with Gasteiger partial charge in [-0.25, -0.2) is 8.42 Å². The van der Waals surface area contributed by atoms with E-state index in [4.69, 9.17) is 11.6 Å². The molecule has 0 saturated carbocycles. The molecule has 10 heteroatoms. The number of hydrogen-bond acceptors (Lipinski definition) is 4. The summed E-state index contributed by atoms with van der Waals surface area (Å²) in [5.41, 5.74) is 1.07. The number of sulfonamides is 1. The van der Waals surface area contributed by atoms with Crippen molar-refractivity contribution in [3.05, 3.63) is 63.6 Å². The van der Waals surface area contributed by atoms with Crippen LogP contribution in [-0.4, -0.2) is 50.5 Å². The summed E-state index contributed by atoms with van der Waals surface area (Å²) in [4.78, 5) is 27.6. The highest BCUT2D eigenvalue weighted by Gasteiger charge is 2.30. The Morgan fingerprint density at radius 3 is 2.33 bits per heavy atom. The first-order chi connectivity index (χ1) is 15.4. The molecule has 1 N–H and O–H groups in total. The van der Waals surface area contributed by atoms with Gasteiger partial charge in [0.25, 0.3) is 0 Å². The van der Waals surface area contributed by atoms with E-state index in [-0.39, 0.29) is 18.4 Å². The van der Waals surface area contributed by atoms with Gasteiger partial charge in [-0.05, 0) is 58.6 Å². The number of amides is 2. The highest BCUT2D eigenvalue weighted by molar-refractivity contribution is 9.10. The lowest BCUT2D eigenvalue weighted by Crippen LogP contribution is -2.51. The molecule has 180 valence electrons. The quantitative estimate of drug-likeness (QED) is 0.477. The summed E-state index contributed by atoms with van der Waals surface area (Å²) in [7, 11) is -3.78. The van der Waals surface area contributed by atoms with Gasteiger partial charge in [-0.2, -0.15) is 0 Å². The van der Waals surface area contributed by atoms with Gasteiger partial charge in [-0.15, -0.1) is 0 Å². The number of anilines is 1. The first-order valence-electron chi connectivity index (χ1n) is 10.4. The minimum atomic E-state index is -3.78. The summed E-state index contributed by atoms with van der Waals surface area (Å²) in [5.74, 6) is -0.580. The molecule has 1 atom stereocenters. The van der Waals surface area contributed by atoms with Crippen molar-refractivity contribution in [2.24, 2.45) is 5.92 Å². The van der Waals surface area contributed by atoms with Crippen LogP contribution in [0.15, 0.2) is 53.0 Å². The summed E-state index contributed by atoms with van der Waals surface area (Å²) in [5, 5.41) is 3.34. The summed E-state index contributed by atoms with van der Waals surface area (Å²) in [6.45, 7) is 5.69. The van der Waals surface area contributed by atoms with E-state index in [0.717, 1.165) is 16.1 Å². The Labute approximate surface area is 209 Å². The third-order valence-corrected chi connectivity index (χ3v) is 6.93. The SMILES string of the molecule is CC(C)CNC(=O)[C@H](C)N(Cc1cccc(Cl)c1)C(=O)CN(c1ccccc1Br)S(C)(=O)=O. The van der Waals surface area contributed by atoms with E-state index in [2.05, 4.69) is 21.2 Å². The predicted octanol–water partition coefficient (Wildman–Crippen LogP) is 4.06. The lowest BCUT2D eigenvalue weighted by atomic mass is 10.1. The molecular weight excluding hydrogens is 530 g/mol. The largest absolute Gasteiger partial charge is 0.354 e. The lowest BCUT2D eigenvalue weighted by Gasteiger charge is -2.32. The Hall–Kier alpha value is -2.10. The summed E-state index contributed by atoms with van der Waals surface area (Å²) >= 11 is 9.46. The van der Waals surface area contributed by atoms with E-state index < -0.39 is 28.5 Å². The molecule has 0 aliphatic heterocycles. The molecule has 0 unspecified atom stereocenters. The molecule has 0 heterocycles. The van der Waals surface area contributed by atoms with Crippen LogP contribution in [0.5, 0.6) is 0 Å². The summed E-state index contributed by atoms with van der Waals surface area (Å²) < 4.78 is 26.7. The van der Waals surface area contributed by atoms with E-state index in [1.54, 1.807) is 55.5 Å². The molecule has 0 spiro atoms. The van der Waals surface area contributed by atoms with Crippen LogP contribution in [-0.2, 0) is 26.2 Å². The van der Waals surface area contributed by atoms with Crippen molar-refractivity contribution >= 4 is 55.1 Å². The molecule has 33 heavy (non-hydrogen) atoms. The second-order valence-electron chi connectivity index (χ2n) is 8.19. The van der Waals surface area contributed by atoms with Crippen molar-refractivity contribution in [3.8, 4) is 0 Å². The second-order valence-corrected chi connectivity index (χ2v) is 11.4. The topological polar surface area (TPSA) is 86.8 Å². The van der Waals surface area contributed by atoms with Crippen LogP contribution in [0.2, 0.25) is 5.02 Å². The third kappa shape index (κ3) is 8.01. The molecule has 2 aromatic rings. The van der Waals surface area contributed by atoms with Gasteiger partial charge in [0.05, 0.1) is 11.9 Å². The van der Waals surface area contributed by atoms with E-state index in [1.165, 1.54) is 4.90 Å². The van der Waals surface area contributed by atoms with Crippen molar-refractivity contribution in [1.82, 2.24) is 10.2 Å². The molecule has 7 nitrogen and oxygen atoms in total. The van der Waals surface area contributed by atoms with Gasteiger partial charge < -0.3 is 10.2 Å². The number of halogens is 2. The fourth-order valence-electron chi connectivity index (χ4n) is 3.12. The van der Waals surface area contributed by atoms with E-state index in [0.29, 0.717) is 21.7 Å². The number of rotatable bonds is 10. The van der Waals surface area contributed by atoms with E-state index in [9.17, 15) is 18.0 Å². The Morgan fingerprint density at radius 2 is 1.76 bits per heavy atom. The van der Waals surface area contributed by atoms with Gasteiger partial charge in [-0.3, -0.25) is 13.9 Å². The Morgan fingerprint density at radius 1 is 1.09 bits per heavy atom. The van der Waals surface area contributed by atoms with Gasteiger partial charge in [-0.1, -0.05) is 49.7 Å². The van der Waals surface area contributed by atoms with Crippen molar-refractivity contribution in [3.63, 3.8) is 0 Å². The number of nitrogens with zero attached hydrogens (tertiary/aromatic N) is 2. The van der Waals surface area contributed by atoms with Crippen molar-refractivity contribution < 1.29 is 18.0 Å². The number of para-hydroxylation sites is 1. The van der Waals surface area contributed by atoms with Gasteiger partial charge in [0.1, 0.15) is 12.6 Å². The molecule has 2 aromatic carbocycles. The monoisotopic (exact) mass is 557 g/mol. The van der Waals surface area contributed by atoms with Crippen LogP contribution in [0.3, 0.4) is 0 Å². The first kappa shape index (κ1) is 27.1. The molecule has 0 bridgehead atoms. The maximum atomic E-state index is 13.4. The molecule has 0 aliphatic carbocycles. The molecule has 0 fully saturated rings. The van der Waals surface area contributed by atoms with Crippen molar-refractivity contribution in [2.75, 3.05) is 23.7 Å². The number of nitrogens with one attached hydrogen (secondary N) is 1. The number of carbonyl (C=O) groups excluding carboxylic acids is 2. The fourth-order valence-corrected chi connectivity index (χ4v) is 4.81. The maximum absolute atomic E-state index is 13.4. The Balaban J connectivity index is 2.38. The fraction of sp³-hybridized carbons (Fsp3) is 0.391. The second kappa shape index (κ2) is 11.9. The van der Waals surface area contributed by atoms with E-state index in [1.807, 2.05) is 13.8 Å². The standard InChI is InChI=1S/C23H29BrClN3O4S/c1-16(2)13-26-23(30)17(3)27(14-18-8-7-9-19(25)12-18)22(29)15-28(33(4,31)32)21-11-6-5-10-20(21)24/h5-12,16-17H,13-15H2,1-4H3,(H,26,30)/t17-/m0/s1. The zero-order chi connectivity index (χ0) is 24.8. The smallest absolute Gasteiger partial charge is 0.244 e. The van der Waals surface area contributed by atoms with Gasteiger partial charge in [0, 0.05) is 22.6 Å². The Kier molecular flexibility index (Phi) is 9.75. The first-order valence-corrected chi connectivity index (χ1v) is 13.5. The molecule has 0 saturated heterocycles. The maximum Gasteiger partial charge on any atom is 0.244 e. The normalized spacial score (nSPS) is 12.3. The molecular formula is C23H29BrClN3O4S. The minimum absolute atomic E-state index is 0.100.